The van der Waals surface area contributed by atoms with E-state index in [-0.39, 0.29) is 17.7 Å². The Balaban J connectivity index is 1.14. The number of rotatable bonds is 1. The summed E-state index contributed by atoms with van der Waals surface area (Å²) in [6.45, 7) is 9.58. The molecular formula is C58H39BN2S. The van der Waals surface area contributed by atoms with Crippen molar-refractivity contribution in [1.82, 2.24) is 4.48 Å². The van der Waals surface area contributed by atoms with Gasteiger partial charge in [-0.15, -0.1) is 11.3 Å². The van der Waals surface area contributed by atoms with E-state index in [9.17, 15) is 0 Å². The van der Waals surface area contributed by atoms with Crippen LogP contribution in [0.25, 0.3) is 86.1 Å². The van der Waals surface area contributed by atoms with Crippen LogP contribution in [-0.4, -0.2) is 11.3 Å². The van der Waals surface area contributed by atoms with Crippen LogP contribution in [0.5, 0.6) is 0 Å². The van der Waals surface area contributed by atoms with Crippen molar-refractivity contribution in [3.8, 4) is 33.4 Å². The molecule has 62 heavy (non-hydrogen) atoms. The van der Waals surface area contributed by atoms with Crippen LogP contribution in [0.2, 0.25) is 0 Å². The Morgan fingerprint density at radius 1 is 0.468 bits per heavy atom. The number of nitrogens with zero attached hydrogens (tertiary/aromatic N) is 2. The van der Waals surface area contributed by atoms with Crippen molar-refractivity contribution in [2.45, 2.75) is 38.5 Å². The Bertz CT molecular complexity index is 3900. The van der Waals surface area contributed by atoms with E-state index in [1.807, 2.05) is 11.3 Å². The van der Waals surface area contributed by atoms with Gasteiger partial charge in [0, 0.05) is 65.0 Å². The van der Waals surface area contributed by atoms with Gasteiger partial charge in [-0.2, -0.15) is 0 Å². The zero-order chi connectivity index (χ0) is 41.0. The molecule has 0 N–H and O–H groups in total. The second-order valence-electron chi connectivity index (χ2n) is 19.2. The Morgan fingerprint density at radius 3 is 1.92 bits per heavy atom. The average molecular weight is 807 g/mol. The van der Waals surface area contributed by atoms with E-state index in [1.165, 1.54) is 136 Å². The zero-order valence-corrected chi connectivity index (χ0v) is 35.8. The summed E-state index contributed by atoms with van der Waals surface area (Å²) in [6.07, 6.45) is 0. The maximum absolute atomic E-state index is 2.75. The molecule has 15 rings (SSSR count). The fraction of sp³-hybridized carbons (Fsp3) is 0.103. The molecule has 9 aromatic carbocycles. The van der Waals surface area contributed by atoms with Crippen LogP contribution in [0.1, 0.15) is 49.9 Å². The molecular weight excluding hydrogens is 768 g/mol. The van der Waals surface area contributed by atoms with Gasteiger partial charge in [-0.05, 0) is 114 Å². The average Bonchev–Trinajstić information content (AvgIpc) is 3.97. The number of para-hydroxylation sites is 1. The van der Waals surface area contributed by atoms with E-state index in [1.54, 1.807) is 0 Å². The van der Waals surface area contributed by atoms with E-state index in [2.05, 4.69) is 201 Å². The number of hydrogen-bond donors (Lipinski definition) is 0. The monoisotopic (exact) mass is 806 g/mol. The van der Waals surface area contributed by atoms with Gasteiger partial charge in [0.1, 0.15) is 0 Å². The maximum atomic E-state index is 2.75. The minimum Gasteiger partial charge on any atom is -0.375 e. The highest BCUT2D eigenvalue weighted by Gasteiger charge is 2.47. The Hall–Kier alpha value is -6.88. The van der Waals surface area contributed by atoms with E-state index in [0.29, 0.717) is 0 Å². The highest BCUT2D eigenvalue weighted by atomic mass is 32.1. The lowest BCUT2D eigenvalue weighted by Crippen LogP contribution is -2.57. The molecule has 0 unspecified atom stereocenters. The SMILES string of the molecule is CC1(C)c2ccccc2-c2cc(N3c4cc5c(cc4B4c6c(cc7c(sc8ccccc87)c63)-c3cccc6c7cc8ccccc8cc7n4c36)C(C)(C)c3ccccc3-5)ccc21. The topological polar surface area (TPSA) is 8.17 Å². The smallest absolute Gasteiger partial charge is 0.333 e. The lowest BCUT2D eigenvalue weighted by Gasteiger charge is -2.41. The zero-order valence-electron chi connectivity index (χ0n) is 35.0. The van der Waals surface area contributed by atoms with Gasteiger partial charge >= 0.3 is 6.85 Å². The van der Waals surface area contributed by atoms with Crippen molar-refractivity contribution in [1.29, 1.82) is 0 Å². The largest absolute Gasteiger partial charge is 0.375 e. The molecule has 2 aromatic heterocycles. The van der Waals surface area contributed by atoms with Gasteiger partial charge in [-0.25, -0.2) is 0 Å². The number of anilines is 3. The highest BCUT2D eigenvalue weighted by Crippen LogP contribution is 2.56. The molecule has 4 heterocycles. The predicted octanol–water partition coefficient (Wildman–Crippen LogP) is 14.3. The molecule has 0 fully saturated rings. The van der Waals surface area contributed by atoms with Gasteiger partial charge in [-0.1, -0.05) is 149 Å². The Kier molecular flexibility index (Phi) is 6.07. The van der Waals surface area contributed by atoms with Crippen LogP contribution in [-0.2, 0) is 10.8 Å². The molecule has 0 amide bonds. The van der Waals surface area contributed by atoms with Gasteiger partial charge in [0.05, 0.1) is 10.4 Å². The second kappa shape index (κ2) is 11.1. The lowest BCUT2D eigenvalue weighted by molar-refractivity contribution is 0.660. The van der Waals surface area contributed by atoms with Crippen LogP contribution < -0.4 is 15.8 Å². The first-order valence-electron chi connectivity index (χ1n) is 22.0. The summed E-state index contributed by atoms with van der Waals surface area (Å²) in [5.74, 6) is 0. The second-order valence-corrected chi connectivity index (χ2v) is 20.3. The first kappa shape index (κ1) is 33.8. The minimum atomic E-state index is -0.149. The molecule has 11 aromatic rings. The quantitative estimate of drug-likeness (QED) is 0.150. The van der Waals surface area contributed by atoms with Crippen LogP contribution >= 0.6 is 11.3 Å². The summed E-state index contributed by atoms with van der Waals surface area (Å²) in [7, 11) is 0. The molecule has 2 aliphatic carbocycles. The van der Waals surface area contributed by atoms with Gasteiger partial charge in [0.15, 0.2) is 0 Å². The standard InChI is InChI=1S/C58H39BN2S/c1-57(2)45-21-10-7-16-35(45)40-28-34(24-25-47(40)57)60-51-30-41-36-17-8-11-22-46(36)58(3,4)48(41)31-49(51)59-53-43(29-44-37-18-9-12-23-52(37)62-56(44)55(53)60)39-20-13-19-38-42-26-32-14-5-6-15-33(32)27-50(42)61(59)54(38)39/h5-31H,1-4H3. The normalized spacial score (nSPS) is 15.6. The fourth-order valence-electron chi connectivity index (χ4n) is 12.7. The Morgan fingerprint density at radius 2 is 1.11 bits per heavy atom. The first-order chi connectivity index (χ1) is 30.3. The number of fused-ring (bicyclic) bond motifs is 18. The van der Waals surface area contributed by atoms with Crippen molar-refractivity contribution in [2.75, 3.05) is 4.90 Å². The summed E-state index contributed by atoms with van der Waals surface area (Å²) in [5, 5.41) is 7.86. The third kappa shape index (κ3) is 3.91. The first-order valence-corrected chi connectivity index (χ1v) is 22.9. The molecule has 4 heteroatoms. The molecule has 2 nitrogen and oxygen atoms in total. The fourth-order valence-corrected chi connectivity index (χ4v) is 13.9. The van der Waals surface area contributed by atoms with Crippen molar-refractivity contribution >= 4 is 98.9 Å². The van der Waals surface area contributed by atoms with E-state index < -0.39 is 0 Å². The maximum Gasteiger partial charge on any atom is 0.333 e. The van der Waals surface area contributed by atoms with Crippen molar-refractivity contribution < 1.29 is 0 Å². The molecule has 4 aliphatic rings. The molecule has 290 valence electrons. The van der Waals surface area contributed by atoms with Crippen molar-refractivity contribution in [3.05, 3.63) is 186 Å². The molecule has 0 atom stereocenters. The van der Waals surface area contributed by atoms with E-state index in [0.717, 1.165) is 0 Å². The number of hydrogen-bond acceptors (Lipinski definition) is 2. The van der Waals surface area contributed by atoms with Gasteiger partial charge in [0.2, 0.25) is 0 Å². The molecule has 2 aliphatic heterocycles. The number of thiophene rings is 1. The summed E-state index contributed by atoms with van der Waals surface area (Å²) >= 11 is 1.95. The van der Waals surface area contributed by atoms with Crippen LogP contribution in [0.15, 0.2) is 164 Å². The van der Waals surface area contributed by atoms with Crippen molar-refractivity contribution in [2.24, 2.45) is 0 Å². The molecule has 0 saturated carbocycles. The molecule has 0 bridgehead atoms. The highest BCUT2D eigenvalue weighted by molar-refractivity contribution is 7.26. The predicted molar refractivity (Wildman–Crippen MR) is 266 cm³/mol. The van der Waals surface area contributed by atoms with E-state index in [4.69, 9.17) is 0 Å². The van der Waals surface area contributed by atoms with Crippen LogP contribution in [0.4, 0.5) is 17.1 Å². The third-order valence-electron chi connectivity index (χ3n) is 15.5. The summed E-state index contributed by atoms with van der Waals surface area (Å²) in [5.41, 5.74) is 22.6. The summed E-state index contributed by atoms with van der Waals surface area (Å²) in [6, 6.07) is 63.2. The number of benzene rings is 9. The minimum absolute atomic E-state index is 0.0455. The van der Waals surface area contributed by atoms with Crippen molar-refractivity contribution in [3.63, 3.8) is 0 Å². The summed E-state index contributed by atoms with van der Waals surface area (Å²) in [4.78, 5) is 2.69. The lowest BCUT2D eigenvalue weighted by atomic mass is 9.44. The number of aromatic nitrogens is 1. The van der Waals surface area contributed by atoms with Crippen LogP contribution in [0.3, 0.4) is 0 Å². The molecule has 0 radical (unpaired) electrons. The van der Waals surface area contributed by atoms with Gasteiger partial charge < -0.3 is 9.38 Å². The van der Waals surface area contributed by atoms with Gasteiger partial charge in [-0.3, -0.25) is 0 Å². The van der Waals surface area contributed by atoms with Gasteiger partial charge in [0.25, 0.3) is 0 Å². The third-order valence-corrected chi connectivity index (χ3v) is 16.7. The summed E-state index contributed by atoms with van der Waals surface area (Å²) < 4.78 is 5.42. The van der Waals surface area contributed by atoms with E-state index >= 15 is 0 Å². The van der Waals surface area contributed by atoms with Crippen LogP contribution in [0, 0.1) is 0 Å². The molecule has 0 saturated heterocycles. The Labute approximate surface area is 364 Å². The molecule has 0 spiro atoms.